The van der Waals surface area contributed by atoms with Crippen LogP contribution in [-0.4, -0.2) is 42.1 Å². The van der Waals surface area contributed by atoms with Gasteiger partial charge in [-0.15, -0.1) is 0 Å². The predicted molar refractivity (Wildman–Crippen MR) is 74.0 cm³/mol. The van der Waals surface area contributed by atoms with Gasteiger partial charge < -0.3 is 9.94 Å². The van der Waals surface area contributed by atoms with Crippen LogP contribution in [0.1, 0.15) is 18.4 Å². The molecular formula is C15H20N2O2. The summed E-state index contributed by atoms with van der Waals surface area (Å²) in [7, 11) is 1.70. The molecule has 0 unspecified atom stereocenters. The second-order valence-corrected chi connectivity index (χ2v) is 5.37. The molecule has 1 atom stereocenters. The monoisotopic (exact) mass is 260 g/mol. The fraction of sp³-hybridized carbons (Fsp3) is 0.533. The van der Waals surface area contributed by atoms with Gasteiger partial charge in [0, 0.05) is 5.92 Å². The van der Waals surface area contributed by atoms with E-state index in [1.807, 2.05) is 18.2 Å². The Hall–Kier alpha value is -1.55. The third kappa shape index (κ3) is 2.21. The van der Waals surface area contributed by atoms with Gasteiger partial charge >= 0.3 is 0 Å². The van der Waals surface area contributed by atoms with E-state index in [2.05, 4.69) is 16.1 Å². The molecule has 3 aliphatic rings. The van der Waals surface area contributed by atoms with Gasteiger partial charge in [-0.1, -0.05) is 23.4 Å². The van der Waals surface area contributed by atoms with Gasteiger partial charge in [0.15, 0.2) is 0 Å². The highest BCUT2D eigenvalue weighted by Crippen LogP contribution is 2.33. The van der Waals surface area contributed by atoms with Gasteiger partial charge in [0.05, 0.1) is 18.9 Å². The fourth-order valence-electron chi connectivity index (χ4n) is 3.43. The molecule has 4 rings (SSSR count). The molecule has 3 heterocycles. The molecule has 3 fully saturated rings. The van der Waals surface area contributed by atoms with E-state index in [-0.39, 0.29) is 6.04 Å². The first-order valence-electron chi connectivity index (χ1n) is 6.91. The van der Waals surface area contributed by atoms with E-state index in [9.17, 15) is 5.21 Å². The van der Waals surface area contributed by atoms with E-state index >= 15 is 0 Å². The number of benzene rings is 1. The largest absolute Gasteiger partial charge is 0.496 e. The molecule has 4 nitrogen and oxygen atoms in total. The topological polar surface area (TPSA) is 45.1 Å². The highest BCUT2D eigenvalue weighted by molar-refractivity contribution is 5.93. The van der Waals surface area contributed by atoms with Crippen molar-refractivity contribution in [1.82, 2.24) is 4.90 Å². The van der Waals surface area contributed by atoms with Gasteiger partial charge in [0.1, 0.15) is 5.75 Å². The van der Waals surface area contributed by atoms with Crippen LogP contribution in [-0.2, 0) is 6.42 Å². The Morgan fingerprint density at radius 2 is 2.05 bits per heavy atom. The minimum Gasteiger partial charge on any atom is -0.496 e. The molecule has 3 aliphatic heterocycles. The Morgan fingerprint density at radius 3 is 2.74 bits per heavy atom. The van der Waals surface area contributed by atoms with Crippen LogP contribution in [0.15, 0.2) is 29.4 Å². The number of oxime groups is 1. The molecule has 0 radical (unpaired) electrons. The third-order valence-corrected chi connectivity index (χ3v) is 4.45. The number of piperidine rings is 3. The fourth-order valence-corrected chi connectivity index (χ4v) is 3.43. The van der Waals surface area contributed by atoms with Crippen molar-refractivity contribution in [2.75, 3.05) is 20.2 Å². The highest BCUT2D eigenvalue weighted by atomic mass is 16.5. The standard InChI is InChI=1S/C15H20N2O2/c1-19-14-5-3-2-4-12(14)10-13-15(16-18)11-6-8-17(13)9-7-11/h2-5,11,13,18H,6-10H2,1H3/b16-15-/t13-/m0/s1. The predicted octanol–water partition coefficient (Wildman–Crippen LogP) is 2.16. The highest BCUT2D eigenvalue weighted by Gasteiger charge is 2.39. The average Bonchev–Trinajstić information content (AvgIpc) is 2.49. The summed E-state index contributed by atoms with van der Waals surface area (Å²) in [5.41, 5.74) is 2.15. The molecule has 0 saturated carbocycles. The van der Waals surface area contributed by atoms with Crippen molar-refractivity contribution in [3.05, 3.63) is 29.8 Å². The van der Waals surface area contributed by atoms with Crippen LogP contribution in [0.3, 0.4) is 0 Å². The minimum absolute atomic E-state index is 0.230. The van der Waals surface area contributed by atoms with Crippen LogP contribution in [0, 0.1) is 5.92 Å². The number of para-hydroxylation sites is 1. The maximum atomic E-state index is 9.32. The molecule has 2 bridgehead atoms. The second-order valence-electron chi connectivity index (χ2n) is 5.37. The van der Waals surface area contributed by atoms with E-state index in [1.165, 1.54) is 5.56 Å². The summed E-state index contributed by atoms with van der Waals surface area (Å²) < 4.78 is 5.41. The molecular weight excluding hydrogens is 240 g/mol. The van der Waals surface area contributed by atoms with Crippen LogP contribution < -0.4 is 4.74 Å². The van der Waals surface area contributed by atoms with Gasteiger partial charge in [-0.25, -0.2) is 0 Å². The molecule has 0 aromatic heterocycles. The minimum atomic E-state index is 0.230. The lowest BCUT2D eigenvalue weighted by Gasteiger charge is -2.45. The first-order valence-corrected chi connectivity index (χ1v) is 6.91. The Morgan fingerprint density at radius 1 is 1.32 bits per heavy atom. The van der Waals surface area contributed by atoms with Crippen molar-refractivity contribution < 1.29 is 9.94 Å². The lowest BCUT2D eigenvalue weighted by molar-refractivity contribution is 0.137. The lowest BCUT2D eigenvalue weighted by Crippen LogP contribution is -2.56. The molecule has 3 saturated heterocycles. The summed E-state index contributed by atoms with van der Waals surface area (Å²) in [4.78, 5) is 2.43. The normalized spacial score (nSPS) is 31.6. The Balaban J connectivity index is 1.85. The summed E-state index contributed by atoms with van der Waals surface area (Å²) in [6.45, 7) is 2.23. The summed E-state index contributed by atoms with van der Waals surface area (Å²) in [6, 6.07) is 8.33. The van der Waals surface area contributed by atoms with Crippen LogP contribution in [0.2, 0.25) is 0 Å². The molecule has 4 heteroatoms. The Kier molecular flexibility index (Phi) is 3.42. The smallest absolute Gasteiger partial charge is 0.122 e. The van der Waals surface area contributed by atoms with E-state index in [0.29, 0.717) is 5.92 Å². The second kappa shape index (κ2) is 5.21. The van der Waals surface area contributed by atoms with Crippen LogP contribution in [0.4, 0.5) is 0 Å². The number of hydrogen-bond donors (Lipinski definition) is 1. The quantitative estimate of drug-likeness (QED) is 0.669. The van der Waals surface area contributed by atoms with Gasteiger partial charge in [-0.3, -0.25) is 4.90 Å². The van der Waals surface area contributed by atoms with Gasteiger partial charge in [0.25, 0.3) is 0 Å². The van der Waals surface area contributed by atoms with E-state index in [4.69, 9.17) is 4.74 Å². The Bertz CT molecular complexity index is 479. The lowest BCUT2D eigenvalue weighted by atomic mass is 9.79. The number of hydrogen-bond acceptors (Lipinski definition) is 4. The van der Waals surface area contributed by atoms with Gasteiger partial charge in [-0.2, -0.15) is 0 Å². The molecule has 102 valence electrons. The van der Waals surface area contributed by atoms with Crippen LogP contribution >= 0.6 is 0 Å². The van der Waals surface area contributed by atoms with Crippen molar-refractivity contribution in [3.8, 4) is 5.75 Å². The summed E-state index contributed by atoms with van der Waals surface area (Å²) in [6.07, 6.45) is 3.11. The maximum Gasteiger partial charge on any atom is 0.122 e. The number of fused-ring (bicyclic) bond motifs is 3. The van der Waals surface area contributed by atoms with Gasteiger partial charge in [0.2, 0.25) is 0 Å². The molecule has 1 aromatic rings. The molecule has 0 aliphatic carbocycles. The summed E-state index contributed by atoms with van der Waals surface area (Å²) >= 11 is 0. The molecule has 0 amide bonds. The van der Waals surface area contributed by atoms with E-state index < -0.39 is 0 Å². The molecule has 1 aromatic carbocycles. The number of nitrogens with zero attached hydrogens (tertiary/aromatic N) is 2. The zero-order valence-corrected chi connectivity index (χ0v) is 11.2. The first-order chi connectivity index (χ1) is 9.33. The van der Waals surface area contributed by atoms with Crippen molar-refractivity contribution in [2.24, 2.45) is 11.1 Å². The van der Waals surface area contributed by atoms with Crippen LogP contribution in [0.25, 0.3) is 0 Å². The molecule has 19 heavy (non-hydrogen) atoms. The van der Waals surface area contributed by atoms with Crippen LogP contribution in [0.5, 0.6) is 5.75 Å². The number of ether oxygens (including phenoxy) is 1. The van der Waals surface area contributed by atoms with Crippen molar-refractivity contribution in [2.45, 2.75) is 25.3 Å². The zero-order valence-electron chi connectivity index (χ0n) is 11.2. The van der Waals surface area contributed by atoms with Gasteiger partial charge in [-0.05, 0) is 44.0 Å². The third-order valence-electron chi connectivity index (χ3n) is 4.45. The Labute approximate surface area is 113 Å². The van der Waals surface area contributed by atoms with Crippen molar-refractivity contribution >= 4 is 5.71 Å². The number of methoxy groups -OCH3 is 1. The SMILES string of the molecule is COc1ccccc1C[C@H]1/C(=N\O)C2CCN1CC2. The first kappa shape index (κ1) is 12.5. The molecule has 0 spiro atoms. The van der Waals surface area contributed by atoms with Crippen molar-refractivity contribution in [3.63, 3.8) is 0 Å². The zero-order chi connectivity index (χ0) is 13.2. The maximum absolute atomic E-state index is 9.32. The molecule has 1 N–H and O–H groups in total. The summed E-state index contributed by atoms with van der Waals surface area (Å²) in [5.74, 6) is 1.39. The van der Waals surface area contributed by atoms with Crippen molar-refractivity contribution in [1.29, 1.82) is 0 Å². The average molecular weight is 260 g/mol. The van der Waals surface area contributed by atoms with E-state index in [0.717, 1.165) is 43.8 Å². The van der Waals surface area contributed by atoms with E-state index in [1.54, 1.807) is 7.11 Å². The number of rotatable bonds is 3. The summed E-state index contributed by atoms with van der Waals surface area (Å²) in [5, 5.41) is 12.9.